The monoisotopic (exact) mass is 349 g/mol. The normalized spacial score (nSPS) is 18.9. The first kappa shape index (κ1) is 17.8. The number of benzene rings is 1. The molecule has 1 aromatic carbocycles. The van der Waals surface area contributed by atoms with Gasteiger partial charge in [0.2, 0.25) is 0 Å². The average molecular weight is 349 g/mol. The molecule has 3 rings (SSSR count). The predicted octanol–water partition coefficient (Wildman–Crippen LogP) is 1.54. The highest BCUT2D eigenvalue weighted by Crippen LogP contribution is 2.32. The van der Waals surface area contributed by atoms with E-state index in [2.05, 4.69) is 15.5 Å². The number of ether oxygens (including phenoxy) is 3. The number of fused-ring (bicyclic) bond motifs is 1. The summed E-state index contributed by atoms with van der Waals surface area (Å²) in [6, 6.07) is 5.55. The number of nitrogens with zero attached hydrogens (tertiary/aromatic N) is 1. The van der Waals surface area contributed by atoms with Crippen molar-refractivity contribution in [2.75, 3.05) is 52.6 Å². The Bertz CT molecular complexity index is 575. The number of hydrogen-bond acceptors (Lipinski definition) is 5. The van der Waals surface area contributed by atoms with E-state index in [1.54, 1.807) is 0 Å². The number of carbonyl (C=O) groups excluding carboxylic acids is 1. The van der Waals surface area contributed by atoms with E-state index in [4.69, 9.17) is 14.2 Å². The Morgan fingerprint density at radius 3 is 2.72 bits per heavy atom. The Balaban J connectivity index is 1.45. The van der Waals surface area contributed by atoms with Gasteiger partial charge in [0.1, 0.15) is 0 Å². The summed E-state index contributed by atoms with van der Waals surface area (Å²) < 4.78 is 16.7. The maximum absolute atomic E-state index is 12.1. The van der Waals surface area contributed by atoms with Crippen molar-refractivity contribution in [1.82, 2.24) is 15.5 Å². The molecular weight excluding hydrogens is 322 g/mol. The lowest BCUT2D eigenvalue weighted by Crippen LogP contribution is -2.44. The van der Waals surface area contributed by atoms with Crippen molar-refractivity contribution in [1.29, 1.82) is 0 Å². The first-order valence-corrected chi connectivity index (χ1v) is 8.96. The molecule has 138 valence electrons. The average Bonchev–Trinajstić information content (AvgIpc) is 2.87. The molecule has 2 heterocycles. The third-order valence-corrected chi connectivity index (χ3v) is 4.44. The molecule has 0 aromatic heterocycles. The zero-order valence-corrected chi connectivity index (χ0v) is 14.8. The van der Waals surface area contributed by atoms with Crippen molar-refractivity contribution in [3.8, 4) is 11.5 Å². The fraction of sp³-hybridized carbons (Fsp3) is 0.611. The Morgan fingerprint density at radius 2 is 1.92 bits per heavy atom. The van der Waals surface area contributed by atoms with Crippen LogP contribution in [-0.2, 0) is 4.74 Å². The third-order valence-electron chi connectivity index (χ3n) is 4.44. The molecule has 25 heavy (non-hydrogen) atoms. The minimum atomic E-state index is -0.159. The van der Waals surface area contributed by atoms with Crippen molar-refractivity contribution in [3.05, 3.63) is 23.8 Å². The van der Waals surface area contributed by atoms with Crippen LogP contribution >= 0.6 is 0 Å². The summed E-state index contributed by atoms with van der Waals surface area (Å²) in [7, 11) is 0. The summed E-state index contributed by atoms with van der Waals surface area (Å²) in [4.78, 5) is 14.4. The van der Waals surface area contributed by atoms with Crippen molar-refractivity contribution < 1.29 is 19.0 Å². The van der Waals surface area contributed by atoms with Crippen molar-refractivity contribution >= 4 is 6.03 Å². The summed E-state index contributed by atoms with van der Waals surface area (Å²) in [6.07, 6.45) is 0.878. The van der Waals surface area contributed by atoms with Gasteiger partial charge in [-0.05, 0) is 24.6 Å². The predicted molar refractivity (Wildman–Crippen MR) is 94.3 cm³/mol. The minimum absolute atomic E-state index is 0.111. The molecule has 1 saturated heterocycles. The Kier molecular flexibility index (Phi) is 6.36. The largest absolute Gasteiger partial charge is 0.490 e. The number of urea groups is 1. The second-order valence-corrected chi connectivity index (χ2v) is 6.33. The second kappa shape index (κ2) is 8.92. The number of amides is 2. The summed E-state index contributed by atoms with van der Waals surface area (Å²) in [5.74, 6) is 1.51. The molecular formula is C18H27N3O4. The van der Waals surface area contributed by atoms with E-state index >= 15 is 0 Å². The van der Waals surface area contributed by atoms with E-state index < -0.39 is 0 Å². The zero-order valence-electron chi connectivity index (χ0n) is 14.8. The van der Waals surface area contributed by atoms with Crippen molar-refractivity contribution in [2.45, 2.75) is 19.4 Å². The standard InChI is InChI=1S/C18H27N3O4/c1-14(15-3-4-16-17(13-15)25-10-2-9-24-16)20-18(22)19-5-6-21-7-11-23-12-8-21/h3-4,13-14H,2,5-12H2,1H3,(H2,19,20,22). The van der Waals surface area contributed by atoms with Gasteiger partial charge in [0.15, 0.2) is 11.5 Å². The number of nitrogens with one attached hydrogen (secondary N) is 2. The smallest absolute Gasteiger partial charge is 0.315 e. The molecule has 0 aliphatic carbocycles. The Morgan fingerprint density at radius 1 is 1.16 bits per heavy atom. The molecule has 1 atom stereocenters. The van der Waals surface area contributed by atoms with Gasteiger partial charge in [-0.1, -0.05) is 6.07 Å². The lowest BCUT2D eigenvalue weighted by atomic mass is 10.1. The second-order valence-electron chi connectivity index (χ2n) is 6.33. The van der Waals surface area contributed by atoms with E-state index in [1.165, 1.54) is 0 Å². The maximum Gasteiger partial charge on any atom is 0.315 e. The first-order chi connectivity index (χ1) is 12.2. The number of hydrogen-bond donors (Lipinski definition) is 2. The van der Waals surface area contributed by atoms with Crippen LogP contribution in [0.25, 0.3) is 0 Å². The van der Waals surface area contributed by atoms with Gasteiger partial charge < -0.3 is 24.8 Å². The Hall–Kier alpha value is -1.99. The number of carbonyl (C=O) groups is 1. The quantitative estimate of drug-likeness (QED) is 0.844. The van der Waals surface area contributed by atoms with Gasteiger partial charge in [0, 0.05) is 32.6 Å². The van der Waals surface area contributed by atoms with Crippen LogP contribution in [0.3, 0.4) is 0 Å². The molecule has 1 unspecified atom stereocenters. The van der Waals surface area contributed by atoms with Crippen LogP contribution in [0.5, 0.6) is 11.5 Å². The Labute approximate surface area is 148 Å². The molecule has 1 fully saturated rings. The zero-order chi connectivity index (χ0) is 17.5. The molecule has 0 spiro atoms. The topological polar surface area (TPSA) is 72.1 Å². The van der Waals surface area contributed by atoms with E-state index in [1.807, 2.05) is 25.1 Å². The molecule has 0 saturated carbocycles. The molecule has 1 aromatic rings. The molecule has 2 amide bonds. The van der Waals surface area contributed by atoms with E-state index in [0.29, 0.717) is 19.8 Å². The molecule has 7 nitrogen and oxygen atoms in total. The lowest BCUT2D eigenvalue weighted by molar-refractivity contribution is 0.0387. The molecule has 0 radical (unpaired) electrons. The fourth-order valence-electron chi connectivity index (χ4n) is 2.93. The number of morpholine rings is 1. The van der Waals surface area contributed by atoms with Crippen molar-refractivity contribution in [3.63, 3.8) is 0 Å². The van der Waals surface area contributed by atoms with Gasteiger partial charge in [0.25, 0.3) is 0 Å². The van der Waals surface area contributed by atoms with E-state index in [9.17, 15) is 4.79 Å². The highest BCUT2D eigenvalue weighted by atomic mass is 16.5. The fourth-order valence-corrected chi connectivity index (χ4v) is 2.93. The maximum atomic E-state index is 12.1. The molecule has 0 bridgehead atoms. The van der Waals surface area contributed by atoms with Crippen LogP contribution in [0.2, 0.25) is 0 Å². The van der Waals surface area contributed by atoms with E-state index in [0.717, 1.165) is 56.3 Å². The van der Waals surface area contributed by atoms with Crippen molar-refractivity contribution in [2.24, 2.45) is 0 Å². The highest BCUT2D eigenvalue weighted by Gasteiger charge is 2.15. The summed E-state index contributed by atoms with van der Waals surface area (Å²) in [5, 5.41) is 5.88. The van der Waals surface area contributed by atoms with Crippen LogP contribution in [0.15, 0.2) is 18.2 Å². The SMILES string of the molecule is CC(NC(=O)NCCN1CCOCC1)c1ccc2c(c1)OCCCO2. The first-order valence-electron chi connectivity index (χ1n) is 8.96. The molecule has 2 aliphatic rings. The van der Waals surface area contributed by atoms with E-state index in [-0.39, 0.29) is 12.1 Å². The van der Waals surface area contributed by atoms with Crippen LogP contribution < -0.4 is 20.1 Å². The van der Waals surface area contributed by atoms with Gasteiger partial charge in [-0.25, -0.2) is 4.79 Å². The van der Waals surface area contributed by atoms with Crippen LogP contribution in [0.1, 0.15) is 24.9 Å². The summed E-state index contributed by atoms with van der Waals surface area (Å²) in [6.45, 7) is 8.15. The molecule has 7 heteroatoms. The van der Waals surface area contributed by atoms with Gasteiger partial charge in [-0.3, -0.25) is 4.90 Å². The van der Waals surface area contributed by atoms with Gasteiger partial charge in [-0.15, -0.1) is 0 Å². The molecule has 2 N–H and O–H groups in total. The van der Waals surface area contributed by atoms with Gasteiger partial charge >= 0.3 is 6.03 Å². The summed E-state index contributed by atoms with van der Waals surface area (Å²) >= 11 is 0. The highest BCUT2D eigenvalue weighted by molar-refractivity contribution is 5.74. The number of rotatable bonds is 5. The minimum Gasteiger partial charge on any atom is -0.490 e. The van der Waals surface area contributed by atoms with Gasteiger partial charge in [0.05, 0.1) is 32.5 Å². The van der Waals surface area contributed by atoms with Crippen LogP contribution in [0.4, 0.5) is 4.79 Å². The molecule has 2 aliphatic heterocycles. The third kappa shape index (κ3) is 5.24. The van der Waals surface area contributed by atoms with Crippen LogP contribution in [-0.4, -0.2) is 63.5 Å². The lowest BCUT2D eigenvalue weighted by Gasteiger charge is -2.26. The van der Waals surface area contributed by atoms with Gasteiger partial charge in [-0.2, -0.15) is 0 Å². The van der Waals surface area contributed by atoms with Crippen LogP contribution in [0, 0.1) is 0 Å². The summed E-state index contributed by atoms with van der Waals surface area (Å²) in [5.41, 5.74) is 0.993.